The minimum Gasteiger partial charge on any atom is -0.338 e. The van der Waals surface area contributed by atoms with Crippen molar-refractivity contribution in [2.24, 2.45) is 0 Å². The van der Waals surface area contributed by atoms with Crippen molar-refractivity contribution in [1.82, 2.24) is 4.98 Å². The second-order valence-corrected chi connectivity index (χ2v) is 5.02. The smallest absolute Gasteiger partial charge is 0.0599 e. The van der Waals surface area contributed by atoms with E-state index in [0.717, 1.165) is 5.69 Å². The summed E-state index contributed by atoms with van der Waals surface area (Å²) in [6, 6.07) is 11.1. The van der Waals surface area contributed by atoms with Crippen LogP contribution in [0.5, 0.6) is 0 Å². The van der Waals surface area contributed by atoms with Gasteiger partial charge in [0.25, 0.3) is 0 Å². The maximum atomic E-state index is 4.22. The molecule has 2 aromatic rings. The van der Waals surface area contributed by atoms with E-state index in [1.54, 1.807) is 0 Å². The summed E-state index contributed by atoms with van der Waals surface area (Å²) in [5, 5.41) is 0. The first kappa shape index (κ1) is 12.6. The van der Waals surface area contributed by atoms with E-state index in [1.807, 2.05) is 18.5 Å². The largest absolute Gasteiger partial charge is 0.338 e. The molecule has 0 atom stereocenters. The standard InChI is InChI=1S/C16H20N2/c1-12(2)18(15-6-5-7-17-11-15)16-9-13(3)8-14(4)10-16/h5-12H,1-4H3. The first-order valence-corrected chi connectivity index (χ1v) is 6.35. The maximum Gasteiger partial charge on any atom is 0.0599 e. The van der Waals surface area contributed by atoms with Gasteiger partial charge in [-0.05, 0) is 63.1 Å². The van der Waals surface area contributed by atoms with Crippen LogP contribution in [0, 0.1) is 13.8 Å². The Morgan fingerprint density at radius 1 is 1.00 bits per heavy atom. The predicted molar refractivity (Wildman–Crippen MR) is 77.4 cm³/mol. The topological polar surface area (TPSA) is 16.1 Å². The van der Waals surface area contributed by atoms with Crippen LogP contribution in [0.25, 0.3) is 0 Å². The molecule has 2 nitrogen and oxygen atoms in total. The molecule has 1 aromatic heterocycles. The van der Waals surface area contributed by atoms with Gasteiger partial charge in [-0.15, -0.1) is 0 Å². The van der Waals surface area contributed by atoms with E-state index in [0.29, 0.717) is 6.04 Å². The Bertz CT molecular complexity index is 498. The summed E-state index contributed by atoms with van der Waals surface area (Å²) in [5.41, 5.74) is 4.95. The fourth-order valence-electron chi connectivity index (χ4n) is 2.33. The molecule has 94 valence electrons. The van der Waals surface area contributed by atoms with E-state index >= 15 is 0 Å². The molecule has 0 bridgehead atoms. The van der Waals surface area contributed by atoms with Crippen LogP contribution in [0.4, 0.5) is 11.4 Å². The number of benzene rings is 1. The molecule has 1 heterocycles. The molecule has 0 N–H and O–H groups in total. The Hall–Kier alpha value is -1.83. The number of rotatable bonds is 3. The quantitative estimate of drug-likeness (QED) is 0.797. The highest BCUT2D eigenvalue weighted by atomic mass is 15.2. The van der Waals surface area contributed by atoms with Gasteiger partial charge in [-0.1, -0.05) is 6.07 Å². The highest BCUT2D eigenvalue weighted by Crippen LogP contribution is 2.28. The maximum absolute atomic E-state index is 4.22. The number of aryl methyl sites for hydroxylation is 2. The SMILES string of the molecule is Cc1cc(C)cc(N(c2cccnc2)C(C)C)c1. The molecule has 0 fully saturated rings. The molecule has 18 heavy (non-hydrogen) atoms. The third-order valence-corrected chi connectivity index (χ3v) is 2.93. The first-order chi connectivity index (χ1) is 8.58. The molecule has 1 aromatic carbocycles. The summed E-state index contributed by atoms with van der Waals surface area (Å²) in [7, 11) is 0. The van der Waals surface area contributed by atoms with Crippen LogP contribution in [0.3, 0.4) is 0 Å². The van der Waals surface area contributed by atoms with E-state index < -0.39 is 0 Å². The number of hydrogen-bond acceptors (Lipinski definition) is 2. The van der Waals surface area contributed by atoms with E-state index in [2.05, 4.69) is 61.8 Å². The van der Waals surface area contributed by atoms with Crippen LogP contribution in [-0.2, 0) is 0 Å². The van der Waals surface area contributed by atoms with Crippen LogP contribution < -0.4 is 4.90 Å². The van der Waals surface area contributed by atoms with Crippen LogP contribution >= 0.6 is 0 Å². The molecule has 0 spiro atoms. The zero-order valence-corrected chi connectivity index (χ0v) is 11.5. The second kappa shape index (κ2) is 5.21. The lowest BCUT2D eigenvalue weighted by molar-refractivity contribution is 0.786. The molecule has 0 aliphatic carbocycles. The average Bonchev–Trinajstić information content (AvgIpc) is 2.28. The van der Waals surface area contributed by atoms with Gasteiger partial charge >= 0.3 is 0 Å². The van der Waals surface area contributed by atoms with Crippen molar-refractivity contribution in [1.29, 1.82) is 0 Å². The van der Waals surface area contributed by atoms with Gasteiger partial charge in [-0.3, -0.25) is 4.98 Å². The zero-order valence-electron chi connectivity index (χ0n) is 11.5. The number of anilines is 2. The normalized spacial score (nSPS) is 10.7. The molecule has 0 amide bonds. The fraction of sp³-hybridized carbons (Fsp3) is 0.312. The van der Waals surface area contributed by atoms with E-state index in [1.165, 1.54) is 16.8 Å². The lowest BCUT2D eigenvalue weighted by Gasteiger charge is -2.29. The fourth-order valence-corrected chi connectivity index (χ4v) is 2.33. The molecule has 2 heteroatoms. The van der Waals surface area contributed by atoms with Crippen molar-refractivity contribution >= 4 is 11.4 Å². The number of nitrogens with zero attached hydrogens (tertiary/aromatic N) is 2. The van der Waals surface area contributed by atoms with Gasteiger partial charge in [0.15, 0.2) is 0 Å². The van der Waals surface area contributed by atoms with E-state index in [-0.39, 0.29) is 0 Å². The monoisotopic (exact) mass is 240 g/mol. The highest BCUT2D eigenvalue weighted by molar-refractivity contribution is 5.64. The lowest BCUT2D eigenvalue weighted by atomic mass is 10.1. The van der Waals surface area contributed by atoms with Crippen LogP contribution in [0.2, 0.25) is 0 Å². The number of aromatic nitrogens is 1. The molecular formula is C16H20N2. The second-order valence-electron chi connectivity index (χ2n) is 5.02. The predicted octanol–water partition coefficient (Wildman–Crippen LogP) is 4.24. The third kappa shape index (κ3) is 2.70. The summed E-state index contributed by atoms with van der Waals surface area (Å²) < 4.78 is 0. The number of hydrogen-bond donors (Lipinski definition) is 0. The molecule has 0 aliphatic rings. The summed E-state index contributed by atoms with van der Waals surface area (Å²) in [4.78, 5) is 6.53. The van der Waals surface area contributed by atoms with Gasteiger partial charge < -0.3 is 4.90 Å². The van der Waals surface area contributed by atoms with E-state index in [4.69, 9.17) is 0 Å². The number of pyridine rings is 1. The van der Waals surface area contributed by atoms with Gasteiger partial charge in [0.1, 0.15) is 0 Å². The molecular weight excluding hydrogens is 220 g/mol. The van der Waals surface area contributed by atoms with Gasteiger partial charge in [0.05, 0.1) is 11.9 Å². The molecule has 0 saturated carbocycles. The summed E-state index contributed by atoms with van der Waals surface area (Å²) in [5.74, 6) is 0. The van der Waals surface area contributed by atoms with Crippen molar-refractivity contribution in [2.75, 3.05) is 4.90 Å². The van der Waals surface area contributed by atoms with Crippen LogP contribution in [0.1, 0.15) is 25.0 Å². The van der Waals surface area contributed by atoms with Gasteiger partial charge in [0.2, 0.25) is 0 Å². The molecule has 0 saturated heterocycles. The van der Waals surface area contributed by atoms with E-state index in [9.17, 15) is 0 Å². The van der Waals surface area contributed by atoms with Gasteiger partial charge in [-0.25, -0.2) is 0 Å². The van der Waals surface area contributed by atoms with Crippen molar-refractivity contribution in [3.8, 4) is 0 Å². The van der Waals surface area contributed by atoms with Crippen molar-refractivity contribution in [3.05, 3.63) is 53.9 Å². The Morgan fingerprint density at radius 3 is 2.17 bits per heavy atom. The van der Waals surface area contributed by atoms with Crippen LogP contribution in [-0.4, -0.2) is 11.0 Å². The first-order valence-electron chi connectivity index (χ1n) is 6.35. The third-order valence-electron chi connectivity index (χ3n) is 2.93. The zero-order chi connectivity index (χ0) is 13.1. The van der Waals surface area contributed by atoms with Gasteiger partial charge in [-0.2, -0.15) is 0 Å². The molecule has 2 rings (SSSR count). The van der Waals surface area contributed by atoms with Crippen molar-refractivity contribution in [3.63, 3.8) is 0 Å². The van der Waals surface area contributed by atoms with Crippen molar-refractivity contribution in [2.45, 2.75) is 33.7 Å². The molecule has 0 aliphatic heterocycles. The van der Waals surface area contributed by atoms with Crippen LogP contribution in [0.15, 0.2) is 42.7 Å². The summed E-state index contributed by atoms with van der Waals surface area (Å²) >= 11 is 0. The Kier molecular flexibility index (Phi) is 3.66. The Morgan fingerprint density at radius 2 is 1.67 bits per heavy atom. The van der Waals surface area contributed by atoms with Gasteiger partial charge in [0, 0.05) is 17.9 Å². The molecule has 0 unspecified atom stereocenters. The van der Waals surface area contributed by atoms with Crippen molar-refractivity contribution < 1.29 is 0 Å². The summed E-state index contributed by atoms with van der Waals surface area (Å²) in [6.45, 7) is 8.67. The minimum atomic E-state index is 0.399. The Labute approximate surface area is 109 Å². The summed E-state index contributed by atoms with van der Waals surface area (Å²) in [6.07, 6.45) is 3.72. The highest BCUT2D eigenvalue weighted by Gasteiger charge is 2.13. The molecule has 0 radical (unpaired) electrons. The average molecular weight is 240 g/mol. The Balaban J connectivity index is 2.48. The minimum absolute atomic E-state index is 0.399. The lowest BCUT2D eigenvalue weighted by Crippen LogP contribution is -2.25.